The Balaban J connectivity index is 1.93. The summed E-state index contributed by atoms with van der Waals surface area (Å²) >= 11 is 0. The van der Waals surface area contributed by atoms with Gasteiger partial charge in [-0.3, -0.25) is 4.90 Å². The van der Waals surface area contributed by atoms with Gasteiger partial charge in [0.1, 0.15) is 0 Å². The van der Waals surface area contributed by atoms with E-state index in [4.69, 9.17) is 5.73 Å². The standard InChI is InChI=1S/C17H34N2/c1-4-5-15-6-9-17(13-18,10-7-15)19-11-8-16(12-19)14(2)3/h14-16H,4-13,18H2,1-3H3. The van der Waals surface area contributed by atoms with E-state index in [0.717, 1.165) is 24.3 Å². The summed E-state index contributed by atoms with van der Waals surface area (Å²) in [4.78, 5) is 2.76. The highest BCUT2D eigenvalue weighted by Crippen LogP contribution is 2.40. The average molecular weight is 266 g/mol. The molecule has 1 heterocycles. The lowest BCUT2D eigenvalue weighted by molar-refractivity contribution is 0.0562. The van der Waals surface area contributed by atoms with Gasteiger partial charge in [-0.25, -0.2) is 0 Å². The van der Waals surface area contributed by atoms with Gasteiger partial charge in [-0.2, -0.15) is 0 Å². The van der Waals surface area contributed by atoms with E-state index >= 15 is 0 Å². The second-order valence-corrected chi connectivity index (χ2v) is 7.40. The zero-order chi connectivity index (χ0) is 13.9. The van der Waals surface area contributed by atoms with Gasteiger partial charge < -0.3 is 5.73 Å². The van der Waals surface area contributed by atoms with Crippen molar-refractivity contribution in [2.24, 2.45) is 23.5 Å². The first-order chi connectivity index (χ1) is 9.11. The first-order valence-corrected chi connectivity index (χ1v) is 8.56. The maximum Gasteiger partial charge on any atom is 0.0332 e. The van der Waals surface area contributed by atoms with Crippen LogP contribution in [-0.2, 0) is 0 Å². The van der Waals surface area contributed by atoms with Gasteiger partial charge in [0.15, 0.2) is 0 Å². The van der Waals surface area contributed by atoms with Crippen LogP contribution in [0, 0.1) is 17.8 Å². The molecule has 0 aromatic carbocycles. The van der Waals surface area contributed by atoms with Crippen molar-refractivity contribution in [3.05, 3.63) is 0 Å². The Morgan fingerprint density at radius 3 is 2.37 bits per heavy atom. The summed E-state index contributed by atoms with van der Waals surface area (Å²) in [7, 11) is 0. The highest BCUT2D eigenvalue weighted by Gasteiger charge is 2.42. The van der Waals surface area contributed by atoms with E-state index in [2.05, 4.69) is 25.7 Å². The molecule has 1 saturated heterocycles. The molecule has 2 fully saturated rings. The van der Waals surface area contributed by atoms with Gasteiger partial charge in [-0.1, -0.05) is 33.6 Å². The van der Waals surface area contributed by atoms with Gasteiger partial charge in [0, 0.05) is 18.6 Å². The van der Waals surface area contributed by atoms with Gasteiger partial charge in [-0.05, 0) is 56.4 Å². The molecule has 0 radical (unpaired) electrons. The molecule has 2 rings (SSSR count). The molecule has 0 amide bonds. The Hall–Kier alpha value is -0.0800. The third-order valence-corrected chi connectivity index (χ3v) is 5.95. The van der Waals surface area contributed by atoms with Crippen molar-refractivity contribution in [2.45, 2.75) is 71.3 Å². The average Bonchev–Trinajstić information content (AvgIpc) is 2.91. The van der Waals surface area contributed by atoms with Crippen molar-refractivity contribution in [1.29, 1.82) is 0 Å². The SMILES string of the molecule is CCCC1CCC(CN)(N2CCC(C(C)C)C2)CC1. The molecular formula is C17H34N2. The van der Waals surface area contributed by atoms with Crippen LogP contribution in [0.3, 0.4) is 0 Å². The lowest BCUT2D eigenvalue weighted by Crippen LogP contribution is -2.55. The van der Waals surface area contributed by atoms with Gasteiger partial charge in [-0.15, -0.1) is 0 Å². The fourth-order valence-corrected chi connectivity index (χ4v) is 4.32. The number of rotatable bonds is 5. The molecule has 2 aliphatic rings. The van der Waals surface area contributed by atoms with Crippen molar-refractivity contribution in [2.75, 3.05) is 19.6 Å². The molecule has 1 aliphatic carbocycles. The van der Waals surface area contributed by atoms with Gasteiger partial charge in [0.2, 0.25) is 0 Å². The minimum Gasteiger partial charge on any atom is -0.329 e. The van der Waals surface area contributed by atoms with E-state index in [1.165, 1.54) is 58.0 Å². The Morgan fingerprint density at radius 2 is 1.89 bits per heavy atom. The summed E-state index contributed by atoms with van der Waals surface area (Å²) < 4.78 is 0. The van der Waals surface area contributed by atoms with E-state index in [9.17, 15) is 0 Å². The molecule has 0 spiro atoms. The largest absolute Gasteiger partial charge is 0.329 e. The van der Waals surface area contributed by atoms with Crippen molar-refractivity contribution in [3.8, 4) is 0 Å². The molecule has 19 heavy (non-hydrogen) atoms. The molecule has 1 aliphatic heterocycles. The Kier molecular flexibility index (Phi) is 5.30. The third-order valence-electron chi connectivity index (χ3n) is 5.95. The summed E-state index contributed by atoms with van der Waals surface area (Å²) in [6.07, 6.45) is 9.67. The number of nitrogens with zero attached hydrogens (tertiary/aromatic N) is 1. The molecule has 2 heteroatoms. The Labute approximate surface area is 120 Å². The van der Waals surface area contributed by atoms with Crippen LogP contribution in [-0.4, -0.2) is 30.1 Å². The third kappa shape index (κ3) is 3.33. The number of hydrogen-bond donors (Lipinski definition) is 1. The molecule has 2 N–H and O–H groups in total. The molecule has 1 unspecified atom stereocenters. The van der Waals surface area contributed by atoms with E-state index in [1.807, 2.05) is 0 Å². The first-order valence-electron chi connectivity index (χ1n) is 8.56. The van der Waals surface area contributed by atoms with Crippen LogP contribution >= 0.6 is 0 Å². The van der Waals surface area contributed by atoms with Crippen LogP contribution in [0.25, 0.3) is 0 Å². The van der Waals surface area contributed by atoms with Gasteiger partial charge >= 0.3 is 0 Å². The maximum atomic E-state index is 6.22. The lowest BCUT2D eigenvalue weighted by Gasteiger charge is -2.46. The lowest BCUT2D eigenvalue weighted by atomic mass is 9.74. The summed E-state index contributed by atoms with van der Waals surface area (Å²) in [6.45, 7) is 10.5. The summed E-state index contributed by atoms with van der Waals surface area (Å²) in [6, 6.07) is 0. The summed E-state index contributed by atoms with van der Waals surface area (Å²) in [5.74, 6) is 2.71. The Morgan fingerprint density at radius 1 is 1.21 bits per heavy atom. The van der Waals surface area contributed by atoms with Crippen molar-refractivity contribution >= 4 is 0 Å². The fourth-order valence-electron chi connectivity index (χ4n) is 4.32. The smallest absolute Gasteiger partial charge is 0.0332 e. The van der Waals surface area contributed by atoms with Crippen LogP contribution in [0.2, 0.25) is 0 Å². The van der Waals surface area contributed by atoms with Crippen LogP contribution in [0.1, 0.15) is 65.7 Å². The van der Waals surface area contributed by atoms with Crippen LogP contribution in [0.15, 0.2) is 0 Å². The molecule has 2 nitrogen and oxygen atoms in total. The normalized spacial score (nSPS) is 37.1. The minimum absolute atomic E-state index is 0.355. The summed E-state index contributed by atoms with van der Waals surface area (Å²) in [5.41, 5.74) is 6.57. The second kappa shape index (κ2) is 6.58. The number of nitrogens with two attached hydrogens (primary N) is 1. The van der Waals surface area contributed by atoms with E-state index in [0.29, 0.717) is 5.54 Å². The zero-order valence-electron chi connectivity index (χ0n) is 13.3. The summed E-state index contributed by atoms with van der Waals surface area (Å²) in [5, 5.41) is 0. The highest BCUT2D eigenvalue weighted by molar-refractivity contribution is 4.98. The fraction of sp³-hybridized carbons (Fsp3) is 1.00. The molecule has 112 valence electrons. The van der Waals surface area contributed by atoms with Crippen LogP contribution in [0.5, 0.6) is 0 Å². The number of hydrogen-bond acceptors (Lipinski definition) is 2. The van der Waals surface area contributed by atoms with Gasteiger partial charge in [0.05, 0.1) is 0 Å². The van der Waals surface area contributed by atoms with E-state index in [1.54, 1.807) is 0 Å². The molecule has 1 atom stereocenters. The monoisotopic (exact) mass is 266 g/mol. The minimum atomic E-state index is 0.355. The molecule has 1 saturated carbocycles. The number of likely N-dealkylation sites (tertiary alicyclic amines) is 1. The highest BCUT2D eigenvalue weighted by atomic mass is 15.2. The molecular weight excluding hydrogens is 232 g/mol. The van der Waals surface area contributed by atoms with Crippen LogP contribution < -0.4 is 5.73 Å². The molecule has 0 aromatic heterocycles. The maximum absolute atomic E-state index is 6.22. The first kappa shape index (κ1) is 15.3. The van der Waals surface area contributed by atoms with Crippen molar-refractivity contribution < 1.29 is 0 Å². The van der Waals surface area contributed by atoms with E-state index in [-0.39, 0.29) is 0 Å². The predicted octanol–water partition coefficient (Wildman–Crippen LogP) is 3.65. The van der Waals surface area contributed by atoms with Crippen molar-refractivity contribution in [1.82, 2.24) is 4.90 Å². The molecule has 0 aromatic rings. The quantitative estimate of drug-likeness (QED) is 0.823. The second-order valence-electron chi connectivity index (χ2n) is 7.40. The zero-order valence-corrected chi connectivity index (χ0v) is 13.3. The molecule has 0 bridgehead atoms. The topological polar surface area (TPSA) is 29.3 Å². The van der Waals surface area contributed by atoms with E-state index < -0.39 is 0 Å². The predicted molar refractivity (Wildman–Crippen MR) is 83.2 cm³/mol. The van der Waals surface area contributed by atoms with Gasteiger partial charge in [0.25, 0.3) is 0 Å². The van der Waals surface area contributed by atoms with Crippen LogP contribution in [0.4, 0.5) is 0 Å². The van der Waals surface area contributed by atoms with Crippen molar-refractivity contribution in [3.63, 3.8) is 0 Å². The Bertz CT molecular complexity index is 266.